The lowest BCUT2D eigenvalue weighted by Crippen LogP contribution is -2.19. The average molecular weight is 241 g/mol. The molecule has 0 aliphatic carbocycles. The summed E-state index contributed by atoms with van der Waals surface area (Å²) in [6.07, 6.45) is 12.4. The highest BCUT2D eigenvalue weighted by Crippen LogP contribution is 2.15. The first-order valence-corrected chi connectivity index (χ1v) is 7.72. The Hall–Kier alpha value is -0.0800. The van der Waals surface area contributed by atoms with Crippen LogP contribution in [0.2, 0.25) is 0 Å². The summed E-state index contributed by atoms with van der Waals surface area (Å²) < 4.78 is 5.37. The zero-order valence-corrected chi connectivity index (χ0v) is 11.7. The van der Waals surface area contributed by atoms with Gasteiger partial charge in [-0.15, -0.1) is 0 Å². The molecule has 0 radical (unpaired) electrons. The van der Waals surface area contributed by atoms with Crippen LogP contribution in [0.5, 0.6) is 0 Å². The van der Waals surface area contributed by atoms with Crippen molar-refractivity contribution < 1.29 is 4.74 Å². The summed E-state index contributed by atoms with van der Waals surface area (Å²) >= 11 is 0. The molecule has 17 heavy (non-hydrogen) atoms. The zero-order valence-electron chi connectivity index (χ0n) is 11.7. The molecule has 2 heteroatoms. The number of hydrogen-bond donors (Lipinski definition) is 1. The zero-order chi connectivity index (χ0) is 12.2. The van der Waals surface area contributed by atoms with Gasteiger partial charge in [-0.05, 0) is 38.3 Å². The van der Waals surface area contributed by atoms with Gasteiger partial charge < -0.3 is 10.1 Å². The first-order chi connectivity index (χ1) is 8.43. The van der Waals surface area contributed by atoms with E-state index in [1.807, 2.05) is 0 Å². The lowest BCUT2D eigenvalue weighted by molar-refractivity contribution is 0.184. The van der Waals surface area contributed by atoms with Crippen LogP contribution in [0.25, 0.3) is 0 Å². The molecule has 0 aromatic heterocycles. The highest BCUT2D eigenvalue weighted by atomic mass is 16.5. The van der Waals surface area contributed by atoms with Gasteiger partial charge in [0, 0.05) is 13.2 Å². The second-order valence-electron chi connectivity index (χ2n) is 5.39. The van der Waals surface area contributed by atoms with Gasteiger partial charge in [-0.1, -0.05) is 45.4 Å². The van der Waals surface area contributed by atoms with Gasteiger partial charge in [0.1, 0.15) is 0 Å². The Bertz CT molecular complexity index is 155. The molecule has 0 aromatic rings. The third-order valence-electron chi connectivity index (χ3n) is 3.71. The monoisotopic (exact) mass is 241 g/mol. The third kappa shape index (κ3) is 8.62. The molecule has 0 bridgehead atoms. The van der Waals surface area contributed by atoms with E-state index in [9.17, 15) is 0 Å². The van der Waals surface area contributed by atoms with Crippen molar-refractivity contribution in [1.29, 1.82) is 0 Å². The number of rotatable bonds is 11. The molecule has 102 valence electrons. The van der Waals surface area contributed by atoms with Gasteiger partial charge >= 0.3 is 0 Å². The van der Waals surface area contributed by atoms with Crippen molar-refractivity contribution in [3.8, 4) is 0 Å². The number of hydrogen-bond acceptors (Lipinski definition) is 2. The predicted molar refractivity (Wildman–Crippen MR) is 74.4 cm³/mol. The topological polar surface area (TPSA) is 21.3 Å². The van der Waals surface area contributed by atoms with Crippen LogP contribution in [0, 0.1) is 5.92 Å². The van der Waals surface area contributed by atoms with Gasteiger partial charge in [0.15, 0.2) is 0 Å². The van der Waals surface area contributed by atoms with E-state index in [1.54, 1.807) is 0 Å². The second kappa shape index (κ2) is 11.0. The van der Waals surface area contributed by atoms with E-state index in [4.69, 9.17) is 4.74 Å². The molecule has 1 rings (SSSR count). The van der Waals surface area contributed by atoms with Crippen LogP contribution in [0.15, 0.2) is 0 Å². The Morgan fingerprint density at radius 3 is 2.47 bits per heavy atom. The van der Waals surface area contributed by atoms with Crippen LogP contribution in [-0.2, 0) is 4.74 Å². The van der Waals surface area contributed by atoms with Crippen LogP contribution < -0.4 is 5.32 Å². The molecular weight excluding hydrogens is 210 g/mol. The summed E-state index contributed by atoms with van der Waals surface area (Å²) in [5.41, 5.74) is 0. The van der Waals surface area contributed by atoms with E-state index >= 15 is 0 Å². The van der Waals surface area contributed by atoms with Crippen molar-refractivity contribution in [1.82, 2.24) is 5.32 Å². The van der Waals surface area contributed by atoms with Crippen LogP contribution in [-0.4, -0.2) is 26.3 Å². The first-order valence-electron chi connectivity index (χ1n) is 7.72. The predicted octanol–water partition coefficient (Wildman–Crippen LogP) is 3.75. The lowest BCUT2D eigenvalue weighted by atomic mass is 10.1. The van der Waals surface area contributed by atoms with Gasteiger partial charge in [0.05, 0.1) is 0 Å². The maximum Gasteiger partial charge on any atom is 0.0495 e. The third-order valence-corrected chi connectivity index (χ3v) is 3.71. The fraction of sp³-hybridized carbons (Fsp3) is 1.00. The van der Waals surface area contributed by atoms with Crippen LogP contribution >= 0.6 is 0 Å². The molecule has 0 spiro atoms. The fourth-order valence-electron chi connectivity index (χ4n) is 2.45. The van der Waals surface area contributed by atoms with Gasteiger partial charge in [-0.25, -0.2) is 0 Å². The Balaban J connectivity index is 1.69. The van der Waals surface area contributed by atoms with Crippen molar-refractivity contribution in [3.63, 3.8) is 0 Å². The maximum atomic E-state index is 5.37. The van der Waals surface area contributed by atoms with E-state index in [-0.39, 0.29) is 0 Å². The SMILES string of the molecule is CCCCCCCCCNCCC1CCOC1. The number of ether oxygens (including phenoxy) is 1. The van der Waals surface area contributed by atoms with Crippen molar-refractivity contribution in [2.24, 2.45) is 5.92 Å². The molecule has 0 saturated carbocycles. The molecular formula is C15H31NO. The smallest absolute Gasteiger partial charge is 0.0495 e. The summed E-state index contributed by atoms with van der Waals surface area (Å²) in [6.45, 7) is 6.66. The van der Waals surface area contributed by atoms with Gasteiger partial charge in [0.25, 0.3) is 0 Å². The molecule has 1 heterocycles. The largest absolute Gasteiger partial charge is 0.381 e. The Morgan fingerprint density at radius 2 is 1.76 bits per heavy atom. The molecule has 1 unspecified atom stereocenters. The van der Waals surface area contributed by atoms with Crippen molar-refractivity contribution in [2.75, 3.05) is 26.3 Å². The van der Waals surface area contributed by atoms with E-state index in [0.29, 0.717) is 0 Å². The number of unbranched alkanes of at least 4 members (excludes halogenated alkanes) is 6. The molecule has 1 saturated heterocycles. The molecule has 1 atom stereocenters. The molecule has 1 aliphatic rings. The lowest BCUT2D eigenvalue weighted by Gasteiger charge is -2.08. The summed E-state index contributed by atoms with van der Waals surface area (Å²) in [6, 6.07) is 0. The van der Waals surface area contributed by atoms with E-state index < -0.39 is 0 Å². The molecule has 2 nitrogen and oxygen atoms in total. The second-order valence-corrected chi connectivity index (χ2v) is 5.39. The average Bonchev–Trinajstić information content (AvgIpc) is 2.85. The van der Waals surface area contributed by atoms with E-state index in [1.165, 1.54) is 70.9 Å². The molecule has 1 N–H and O–H groups in total. The standard InChI is InChI=1S/C15H31NO/c1-2-3-4-5-6-7-8-11-16-12-9-15-10-13-17-14-15/h15-16H,2-14H2,1H3. The van der Waals surface area contributed by atoms with Crippen molar-refractivity contribution >= 4 is 0 Å². The highest BCUT2D eigenvalue weighted by Gasteiger charge is 2.14. The maximum absolute atomic E-state index is 5.37. The molecule has 0 aromatic carbocycles. The fourth-order valence-corrected chi connectivity index (χ4v) is 2.45. The molecule has 1 aliphatic heterocycles. The summed E-state index contributed by atoms with van der Waals surface area (Å²) in [7, 11) is 0. The Kier molecular flexibility index (Phi) is 9.72. The molecule has 0 amide bonds. The quantitative estimate of drug-likeness (QED) is 0.556. The summed E-state index contributed by atoms with van der Waals surface area (Å²) in [5, 5.41) is 3.56. The van der Waals surface area contributed by atoms with Gasteiger partial charge in [-0.3, -0.25) is 0 Å². The summed E-state index contributed by atoms with van der Waals surface area (Å²) in [5.74, 6) is 0.830. The minimum Gasteiger partial charge on any atom is -0.381 e. The van der Waals surface area contributed by atoms with Crippen molar-refractivity contribution in [3.05, 3.63) is 0 Å². The summed E-state index contributed by atoms with van der Waals surface area (Å²) in [4.78, 5) is 0. The van der Waals surface area contributed by atoms with E-state index in [0.717, 1.165) is 19.1 Å². The highest BCUT2D eigenvalue weighted by molar-refractivity contribution is 4.65. The number of nitrogens with one attached hydrogen (secondary N) is 1. The van der Waals surface area contributed by atoms with Crippen molar-refractivity contribution in [2.45, 2.75) is 64.7 Å². The first kappa shape index (κ1) is 15.0. The normalized spacial score (nSPS) is 19.9. The Morgan fingerprint density at radius 1 is 1.00 bits per heavy atom. The Labute approximate surface area is 108 Å². The van der Waals surface area contributed by atoms with Crippen LogP contribution in [0.1, 0.15) is 64.7 Å². The van der Waals surface area contributed by atoms with Crippen LogP contribution in [0.4, 0.5) is 0 Å². The van der Waals surface area contributed by atoms with E-state index in [2.05, 4.69) is 12.2 Å². The van der Waals surface area contributed by atoms with Gasteiger partial charge in [-0.2, -0.15) is 0 Å². The minimum absolute atomic E-state index is 0.830. The molecule has 1 fully saturated rings. The van der Waals surface area contributed by atoms with Gasteiger partial charge in [0.2, 0.25) is 0 Å². The van der Waals surface area contributed by atoms with Crippen LogP contribution in [0.3, 0.4) is 0 Å². The minimum atomic E-state index is 0.830.